The van der Waals surface area contributed by atoms with E-state index in [1.165, 1.54) is 29.2 Å². The molecule has 0 aliphatic heterocycles. The monoisotopic (exact) mass is 409 g/mol. The molecule has 0 saturated heterocycles. The van der Waals surface area contributed by atoms with Crippen molar-refractivity contribution in [3.63, 3.8) is 0 Å². The fourth-order valence-corrected chi connectivity index (χ4v) is 4.49. The molecule has 4 aromatic rings. The van der Waals surface area contributed by atoms with Crippen LogP contribution in [0.2, 0.25) is 0 Å². The second-order valence-electron chi connectivity index (χ2n) is 6.03. The van der Waals surface area contributed by atoms with E-state index in [1.807, 2.05) is 48.5 Å². The lowest BCUT2D eigenvalue weighted by Gasteiger charge is -2.19. The minimum Gasteiger partial charge on any atom is -0.283 e. The summed E-state index contributed by atoms with van der Waals surface area (Å²) in [4.78, 5) is 24.2. The van der Waals surface area contributed by atoms with Gasteiger partial charge in [0.05, 0.1) is 17.0 Å². The Morgan fingerprint density at radius 2 is 1.93 bits per heavy atom. The highest BCUT2D eigenvalue weighted by atomic mass is 32.2. The van der Waals surface area contributed by atoms with Gasteiger partial charge < -0.3 is 0 Å². The summed E-state index contributed by atoms with van der Waals surface area (Å²) in [6.45, 7) is 0.337. The fraction of sp³-hybridized carbons (Fsp3) is 0.0952. The molecule has 4 rings (SSSR count). The van der Waals surface area contributed by atoms with Crippen molar-refractivity contribution >= 4 is 44.4 Å². The molecule has 2 aromatic heterocycles. The van der Waals surface area contributed by atoms with Gasteiger partial charge in [-0.05, 0) is 35.9 Å². The second kappa shape index (κ2) is 8.50. The lowest BCUT2D eigenvalue weighted by molar-refractivity contribution is -0.116. The van der Waals surface area contributed by atoms with Gasteiger partial charge in [0.25, 0.3) is 0 Å². The fourth-order valence-electron chi connectivity index (χ4n) is 2.70. The average Bonchev–Trinajstić information content (AvgIpc) is 3.17. The number of nitrogens with zero attached hydrogens (tertiary/aromatic N) is 3. The van der Waals surface area contributed by atoms with Crippen LogP contribution in [0.15, 0.2) is 78.0 Å². The van der Waals surface area contributed by atoms with Crippen molar-refractivity contribution in [2.45, 2.75) is 11.4 Å². The Bertz CT molecular complexity index is 1090. The van der Waals surface area contributed by atoms with E-state index >= 15 is 0 Å². The van der Waals surface area contributed by atoms with E-state index in [1.54, 1.807) is 23.4 Å². The zero-order valence-corrected chi connectivity index (χ0v) is 16.4. The molecule has 140 valence electrons. The number of hydrogen-bond donors (Lipinski definition) is 0. The minimum absolute atomic E-state index is 0.0860. The number of rotatable bonds is 6. The maximum absolute atomic E-state index is 14.1. The van der Waals surface area contributed by atoms with Crippen LogP contribution in [0.4, 0.5) is 9.52 Å². The van der Waals surface area contributed by atoms with E-state index in [-0.39, 0.29) is 17.5 Å². The Morgan fingerprint density at radius 3 is 2.68 bits per heavy atom. The van der Waals surface area contributed by atoms with Gasteiger partial charge in [-0.3, -0.25) is 14.7 Å². The molecule has 0 saturated carbocycles. The molecular weight excluding hydrogens is 393 g/mol. The average molecular weight is 410 g/mol. The number of fused-ring (bicyclic) bond motifs is 1. The Hall–Kier alpha value is -2.77. The van der Waals surface area contributed by atoms with Gasteiger partial charge in [-0.1, -0.05) is 41.7 Å². The second-order valence-corrected chi connectivity index (χ2v) is 8.08. The van der Waals surface area contributed by atoms with Crippen LogP contribution in [0.5, 0.6) is 0 Å². The largest absolute Gasteiger partial charge is 0.283 e. The van der Waals surface area contributed by atoms with Gasteiger partial charge in [-0.25, -0.2) is 9.37 Å². The van der Waals surface area contributed by atoms with Crippen LogP contribution in [0.25, 0.3) is 10.2 Å². The maximum atomic E-state index is 14.1. The lowest BCUT2D eigenvalue weighted by atomic mass is 10.2. The number of carbonyl (C=O) groups excluding carboxylic acids is 1. The van der Waals surface area contributed by atoms with Crippen molar-refractivity contribution in [2.24, 2.45) is 0 Å². The van der Waals surface area contributed by atoms with Crippen molar-refractivity contribution in [3.8, 4) is 0 Å². The standard InChI is InChI=1S/C21H16FN3OS2/c22-17-9-4-10-18-20(17)24-21(28-18)25(13-15-6-5-11-23-12-15)19(26)14-27-16-7-2-1-3-8-16/h1-12H,13-14H2. The number of para-hydroxylation sites is 1. The molecule has 0 N–H and O–H groups in total. The molecule has 2 heterocycles. The van der Waals surface area contributed by atoms with E-state index in [2.05, 4.69) is 9.97 Å². The van der Waals surface area contributed by atoms with Crippen LogP contribution in [-0.2, 0) is 11.3 Å². The molecule has 0 atom stereocenters. The number of amides is 1. The quantitative estimate of drug-likeness (QED) is 0.413. The third kappa shape index (κ3) is 4.21. The Morgan fingerprint density at radius 1 is 1.07 bits per heavy atom. The van der Waals surface area contributed by atoms with Crippen molar-refractivity contribution in [3.05, 3.63) is 84.4 Å². The van der Waals surface area contributed by atoms with Crippen molar-refractivity contribution in [1.29, 1.82) is 0 Å². The molecule has 28 heavy (non-hydrogen) atoms. The van der Waals surface area contributed by atoms with E-state index in [4.69, 9.17) is 0 Å². The molecule has 0 spiro atoms. The third-order valence-corrected chi connectivity index (χ3v) is 6.10. The summed E-state index contributed by atoms with van der Waals surface area (Å²) in [5.41, 5.74) is 1.18. The van der Waals surface area contributed by atoms with Crippen LogP contribution in [0.3, 0.4) is 0 Å². The first-order valence-corrected chi connectivity index (χ1v) is 10.4. The third-order valence-electron chi connectivity index (χ3n) is 4.06. The smallest absolute Gasteiger partial charge is 0.239 e. The lowest BCUT2D eigenvalue weighted by Crippen LogP contribution is -2.31. The Kier molecular flexibility index (Phi) is 5.64. The van der Waals surface area contributed by atoms with E-state index in [0.29, 0.717) is 17.2 Å². The van der Waals surface area contributed by atoms with Gasteiger partial charge in [0.2, 0.25) is 5.91 Å². The van der Waals surface area contributed by atoms with Gasteiger partial charge in [-0.2, -0.15) is 0 Å². The zero-order valence-electron chi connectivity index (χ0n) is 14.8. The van der Waals surface area contributed by atoms with E-state index in [0.717, 1.165) is 15.2 Å². The normalized spacial score (nSPS) is 10.9. The van der Waals surface area contributed by atoms with Gasteiger partial charge in [-0.15, -0.1) is 11.8 Å². The highest BCUT2D eigenvalue weighted by molar-refractivity contribution is 8.00. The molecule has 0 radical (unpaired) electrons. The molecular formula is C21H16FN3OS2. The van der Waals surface area contributed by atoms with Gasteiger partial charge in [0, 0.05) is 17.3 Å². The molecule has 4 nitrogen and oxygen atoms in total. The summed E-state index contributed by atoms with van der Waals surface area (Å²) < 4.78 is 14.8. The SMILES string of the molecule is O=C(CSc1ccccc1)N(Cc1cccnc1)c1nc2c(F)cccc2s1. The molecule has 0 bridgehead atoms. The first-order chi connectivity index (χ1) is 13.7. The summed E-state index contributed by atoms with van der Waals surface area (Å²) in [6, 6.07) is 18.3. The summed E-state index contributed by atoms with van der Waals surface area (Å²) >= 11 is 2.78. The van der Waals surface area contributed by atoms with E-state index < -0.39 is 0 Å². The summed E-state index contributed by atoms with van der Waals surface area (Å²) in [6.07, 6.45) is 3.41. The maximum Gasteiger partial charge on any atom is 0.239 e. The van der Waals surface area contributed by atoms with Gasteiger partial charge in [0.15, 0.2) is 5.13 Å². The number of pyridine rings is 1. The highest BCUT2D eigenvalue weighted by Gasteiger charge is 2.21. The molecule has 1 amide bonds. The van der Waals surface area contributed by atoms with Gasteiger partial charge in [0.1, 0.15) is 11.3 Å². The molecule has 0 aliphatic rings. The molecule has 0 unspecified atom stereocenters. The number of benzene rings is 2. The molecule has 0 fully saturated rings. The number of halogens is 1. The first kappa shape index (κ1) is 18.6. The predicted molar refractivity (Wildman–Crippen MR) is 112 cm³/mol. The number of aromatic nitrogens is 2. The van der Waals surface area contributed by atoms with Crippen molar-refractivity contribution < 1.29 is 9.18 Å². The number of thiazole rings is 1. The zero-order chi connectivity index (χ0) is 19.3. The van der Waals surface area contributed by atoms with E-state index in [9.17, 15) is 9.18 Å². The highest BCUT2D eigenvalue weighted by Crippen LogP contribution is 2.32. The Labute approximate surface area is 170 Å². The first-order valence-electron chi connectivity index (χ1n) is 8.63. The summed E-state index contributed by atoms with van der Waals surface area (Å²) in [5.74, 6) is -0.201. The number of thioether (sulfide) groups is 1. The Balaban J connectivity index is 1.62. The van der Waals surface area contributed by atoms with Gasteiger partial charge >= 0.3 is 0 Å². The molecule has 0 aliphatic carbocycles. The minimum atomic E-state index is -0.382. The summed E-state index contributed by atoms with van der Waals surface area (Å²) in [5, 5.41) is 0.489. The number of anilines is 1. The topological polar surface area (TPSA) is 46.1 Å². The van der Waals surface area contributed by atoms with Crippen LogP contribution in [0.1, 0.15) is 5.56 Å². The molecule has 2 aromatic carbocycles. The number of carbonyl (C=O) groups is 1. The number of hydrogen-bond acceptors (Lipinski definition) is 5. The molecule has 7 heteroatoms. The van der Waals surface area contributed by atoms with Crippen LogP contribution >= 0.6 is 23.1 Å². The van der Waals surface area contributed by atoms with Crippen LogP contribution in [-0.4, -0.2) is 21.6 Å². The predicted octanol–water partition coefficient (Wildman–Crippen LogP) is 5.16. The van der Waals surface area contributed by atoms with Crippen LogP contribution < -0.4 is 4.90 Å². The van der Waals surface area contributed by atoms with Crippen LogP contribution in [0, 0.1) is 5.82 Å². The van der Waals surface area contributed by atoms with Crippen molar-refractivity contribution in [2.75, 3.05) is 10.7 Å². The van der Waals surface area contributed by atoms with Crippen molar-refractivity contribution in [1.82, 2.24) is 9.97 Å². The summed E-state index contributed by atoms with van der Waals surface area (Å²) in [7, 11) is 0.